The Morgan fingerprint density at radius 2 is 2.50 bits per heavy atom. The summed E-state index contributed by atoms with van der Waals surface area (Å²) in [5, 5.41) is 5.98. The number of rotatable bonds is 4. The topological polar surface area (TPSA) is 74.8 Å². The molecule has 1 heterocycles. The fourth-order valence-electron chi connectivity index (χ4n) is 0.877. The zero-order valence-corrected chi connectivity index (χ0v) is 8.50. The Morgan fingerprint density at radius 1 is 1.79 bits per heavy atom. The molecule has 5 nitrogen and oxygen atoms in total. The van der Waals surface area contributed by atoms with Crippen molar-refractivity contribution in [2.24, 2.45) is 0 Å². The fraction of sp³-hybridized carbons (Fsp3) is 0.375. The molecule has 0 aliphatic heterocycles. The van der Waals surface area contributed by atoms with Crippen LogP contribution in [0.15, 0.2) is 17.3 Å². The molecule has 0 spiro atoms. The van der Waals surface area contributed by atoms with Crippen molar-refractivity contribution in [3.63, 3.8) is 0 Å². The summed E-state index contributed by atoms with van der Waals surface area (Å²) in [4.78, 5) is 0.0891. The van der Waals surface area contributed by atoms with Crippen LogP contribution in [0.5, 0.6) is 0 Å². The van der Waals surface area contributed by atoms with Gasteiger partial charge in [0.25, 0.3) is 0 Å². The summed E-state index contributed by atoms with van der Waals surface area (Å²) in [6, 6.07) is -0.477. The average Bonchev–Trinajstić information content (AvgIpc) is 2.67. The van der Waals surface area contributed by atoms with Crippen LogP contribution in [0.4, 0.5) is 0 Å². The number of nitrogens with one attached hydrogen (secondary N) is 2. The first-order valence-electron chi connectivity index (χ1n) is 4.07. The van der Waals surface area contributed by atoms with E-state index in [0.29, 0.717) is 6.42 Å². The Hall–Kier alpha value is -1.32. The van der Waals surface area contributed by atoms with Crippen LogP contribution in [0.25, 0.3) is 0 Å². The molecule has 1 aromatic rings. The van der Waals surface area contributed by atoms with Crippen LogP contribution in [0, 0.1) is 12.3 Å². The summed E-state index contributed by atoms with van der Waals surface area (Å²) in [5.41, 5.74) is 0. The van der Waals surface area contributed by atoms with E-state index in [1.807, 2.05) is 6.92 Å². The van der Waals surface area contributed by atoms with Crippen LogP contribution >= 0.6 is 0 Å². The molecule has 0 bridgehead atoms. The summed E-state index contributed by atoms with van der Waals surface area (Å²) in [7, 11) is -3.53. The lowest BCUT2D eigenvalue weighted by Gasteiger charge is -2.09. The highest BCUT2D eigenvalue weighted by Gasteiger charge is 2.18. The van der Waals surface area contributed by atoms with Crippen molar-refractivity contribution in [2.45, 2.75) is 24.3 Å². The first-order chi connectivity index (χ1) is 6.60. The van der Waals surface area contributed by atoms with Gasteiger partial charge in [0.15, 0.2) is 0 Å². The summed E-state index contributed by atoms with van der Waals surface area (Å²) in [5.74, 6) is 2.35. The second kappa shape index (κ2) is 4.26. The van der Waals surface area contributed by atoms with E-state index in [0.717, 1.165) is 0 Å². The number of aromatic amines is 1. The van der Waals surface area contributed by atoms with E-state index in [-0.39, 0.29) is 4.90 Å². The molecule has 0 saturated carbocycles. The van der Waals surface area contributed by atoms with Gasteiger partial charge < -0.3 is 0 Å². The highest BCUT2D eigenvalue weighted by Crippen LogP contribution is 2.05. The third-order valence-electron chi connectivity index (χ3n) is 1.69. The predicted molar refractivity (Wildman–Crippen MR) is 51.8 cm³/mol. The van der Waals surface area contributed by atoms with Crippen molar-refractivity contribution in [3.8, 4) is 12.3 Å². The SMILES string of the molecule is C#CC(CC)NS(=O)(=O)c1cn[nH]c1. The molecule has 2 N–H and O–H groups in total. The maximum absolute atomic E-state index is 11.6. The normalized spacial score (nSPS) is 13.4. The molecule has 0 aliphatic carbocycles. The Kier molecular flexibility index (Phi) is 3.28. The Morgan fingerprint density at radius 3 is 2.93 bits per heavy atom. The molecule has 76 valence electrons. The number of hydrogen-bond donors (Lipinski definition) is 2. The molecule has 1 unspecified atom stereocenters. The third-order valence-corrected chi connectivity index (χ3v) is 3.13. The number of nitrogens with zero attached hydrogens (tertiary/aromatic N) is 1. The Bertz CT molecular complexity index is 416. The Balaban J connectivity index is 2.84. The fourth-order valence-corrected chi connectivity index (χ4v) is 2.02. The van der Waals surface area contributed by atoms with Crippen LogP contribution in [-0.2, 0) is 10.0 Å². The van der Waals surface area contributed by atoms with Crippen molar-refractivity contribution in [1.82, 2.24) is 14.9 Å². The van der Waals surface area contributed by atoms with Crippen molar-refractivity contribution in [3.05, 3.63) is 12.4 Å². The van der Waals surface area contributed by atoms with E-state index < -0.39 is 16.1 Å². The minimum absolute atomic E-state index is 0.0891. The minimum Gasteiger partial charge on any atom is -0.284 e. The third kappa shape index (κ3) is 2.34. The molecular weight excluding hydrogens is 202 g/mol. The summed E-state index contributed by atoms with van der Waals surface area (Å²) >= 11 is 0. The van der Waals surface area contributed by atoms with Gasteiger partial charge in [0, 0.05) is 6.20 Å². The van der Waals surface area contributed by atoms with Gasteiger partial charge in [-0.05, 0) is 6.42 Å². The van der Waals surface area contributed by atoms with E-state index in [2.05, 4.69) is 20.8 Å². The smallest absolute Gasteiger partial charge is 0.244 e. The first-order valence-corrected chi connectivity index (χ1v) is 5.55. The monoisotopic (exact) mass is 213 g/mol. The predicted octanol–water partition coefficient (Wildman–Crippen LogP) is 0.0998. The van der Waals surface area contributed by atoms with Crippen molar-refractivity contribution in [1.29, 1.82) is 0 Å². The van der Waals surface area contributed by atoms with E-state index in [1.54, 1.807) is 0 Å². The second-order valence-corrected chi connectivity index (χ2v) is 4.40. The number of sulfonamides is 1. The lowest BCUT2D eigenvalue weighted by atomic mass is 10.3. The molecule has 0 radical (unpaired) electrons. The van der Waals surface area contributed by atoms with Crippen LogP contribution in [0.2, 0.25) is 0 Å². The number of aromatic nitrogens is 2. The van der Waals surface area contributed by atoms with Gasteiger partial charge in [-0.1, -0.05) is 12.8 Å². The zero-order chi connectivity index (χ0) is 10.6. The first kappa shape index (κ1) is 10.8. The average molecular weight is 213 g/mol. The minimum atomic E-state index is -3.53. The quantitative estimate of drug-likeness (QED) is 0.696. The summed E-state index contributed by atoms with van der Waals surface area (Å²) in [6.45, 7) is 1.81. The maximum atomic E-state index is 11.6. The van der Waals surface area contributed by atoms with Crippen molar-refractivity contribution in [2.75, 3.05) is 0 Å². The van der Waals surface area contributed by atoms with E-state index >= 15 is 0 Å². The zero-order valence-electron chi connectivity index (χ0n) is 7.69. The van der Waals surface area contributed by atoms with E-state index in [4.69, 9.17) is 6.42 Å². The Labute approximate surface area is 83.0 Å². The van der Waals surface area contributed by atoms with Gasteiger partial charge in [0.05, 0.1) is 12.2 Å². The number of hydrogen-bond acceptors (Lipinski definition) is 3. The van der Waals surface area contributed by atoms with Crippen molar-refractivity contribution >= 4 is 10.0 Å². The van der Waals surface area contributed by atoms with Crippen LogP contribution < -0.4 is 4.72 Å². The van der Waals surface area contributed by atoms with Gasteiger partial charge in [-0.2, -0.15) is 9.82 Å². The van der Waals surface area contributed by atoms with E-state index in [1.165, 1.54) is 12.4 Å². The van der Waals surface area contributed by atoms with E-state index in [9.17, 15) is 8.42 Å². The highest BCUT2D eigenvalue weighted by molar-refractivity contribution is 7.89. The second-order valence-electron chi connectivity index (χ2n) is 2.68. The largest absolute Gasteiger partial charge is 0.284 e. The summed E-state index contributed by atoms with van der Waals surface area (Å²) in [6.07, 6.45) is 8.22. The summed E-state index contributed by atoms with van der Waals surface area (Å²) < 4.78 is 25.5. The standard InChI is InChI=1S/C8H11N3O2S/c1-3-7(4-2)11-14(12,13)8-5-9-10-6-8/h1,5-7,11H,4H2,2H3,(H,9,10). The van der Waals surface area contributed by atoms with Gasteiger partial charge in [-0.15, -0.1) is 6.42 Å². The van der Waals surface area contributed by atoms with Crippen LogP contribution in [0.1, 0.15) is 13.3 Å². The van der Waals surface area contributed by atoms with Gasteiger partial charge in [0.1, 0.15) is 4.90 Å². The highest BCUT2D eigenvalue weighted by atomic mass is 32.2. The maximum Gasteiger partial charge on any atom is 0.244 e. The molecule has 14 heavy (non-hydrogen) atoms. The van der Waals surface area contributed by atoms with Gasteiger partial charge in [0.2, 0.25) is 10.0 Å². The van der Waals surface area contributed by atoms with Gasteiger partial charge >= 0.3 is 0 Å². The van der Waals surface area contributed by atoms with Crippen LogP contribution in [0.3, 0.4) is 0 Å². The molecule has 6 heteroatoms. The number of H-pyrrole nitrogens is 1. The van der Waals surface area contributed by atoms with Gasteiger partial charge in [-0.3, -0.25) is 5.10 Å². The molecule has 1 atom stereocenters. The van der Waals surface area contributed by atoms with Crippen LogP contribution in [-0.4, -0.2) is 24.7 Å². The lowest BCUT2D eigenvalue weighted by molar-refractivity contribution is 0.570. The molecular formula is C8H11N3O2S. The van der Waals surface area contributed by atoms with Gasteiger partial charge in [-0.25, -0.2) is 8.42 Å². The van der Waals surface area contributed by atoms with Crippen molar-refractivity contribution < 1.29 is 8.42 Å². The molecule has 0 fully saturated rings. The molecule has 1 rings (SSSR count). The molecule has 0 aromatic carbocycles. The molecule has 0 aliphatic rings. The molecule has 0 amide bonds. The number of terminal acetylenes is 1. The molecule has 1 aromatic heterocycles. The molecule has 0 saturated heterocycles. The lowest BCUT2D eigenvalue weighted by Crippen LogP contribution is -2.32.